The van der Waals surface area contributed by atoms with Gasteiger partial charge >= 0.3 is 6.18 Å². The second-order valence-electron chi connectivity index (χ2n) is 9.89. The maximum absolute atomic E-state index is 13.5. The maximum atomic E-state index is 13.5. The molecule has 2 heterocycles. The second kappa shape index (κ2) is 10.1. The van der Waals surface area contributed by atoms with Gasteiger partial charge in [0.1, 0.15) is 0 Å². The molecule has 1 aliphatic rings. The number of rotatable bonds is 4. The Morgan fingerprint density at radius 1 is 1.11 bits per heavy atom. The van der Waals surface area contributed by atoms with Crippen LogP contribution in [0.2, 0.25) is 0 Å². The van der Waals surface area contributed by atoms with Gasteiger partial charge < -0.3 is 16.0 Å². The molecule has 3 aromatic carbocycles. The van der Waals surface area contributed by atoms with E-state index in [9.17, 15) is 18.0 Å². The summed E-state index contributed by atoms with van der Waals surface area (Å²) in [6, 6.07) is 14.6. The number of nitrogens with zero attached hydrogens (tertiary/aromatic N) is 3. The predicted molar refractivity (Wildman–Crippen MR) is 143 cm³/mol. The van der Waals surface area contributed by atoms with Crippen LogP contribution in [0.3, 0.4) is 0 Å². The molecule has 0 aliphatic carbocycles. The smallest absolute Gasteiger partial charge is 0.368 e. The summed E-state index contributed by atoms with van der Waals surface area (Å²) < 4.78 is 40.6. The van der Waals surface area contributed by atoms with Crippen LogP contribution < -0.4 is 11.1 Å². The Kier molecular flexibility index (Phi) is 6.79. The van der Waals surface area contributed by atoms with Gasteiger partial charge in [0, 0.05) is 29.4 Å². The van der Waals surface area contributed by atoms with Gasteiger partial charge in [0.05, 0.1) is 11.1 Å². The fraction of sp³-hybridized carbons (Fsp3) is 0.276. The molecule has 1 atom stereocenters. The van der Waals surface area contributed by atoms with Crippen molar-refractivity contribution in [2.75, 3.05) is 31.2 Å². The van der Waals surface area contributed by atoms with Gasteiger partial charge in [-0.05, 0) is 97.9 Å². The van der Waals surface area contributed by atoms with Gasteiger partial charge in [-0.25, -0.2) is 9.97 Å². The summed E-state index contributed by atoms with van der Waals surface area (Å²) in [6.45, 7) is 3.60. The number of nitrogens with two attached hydrogens (primary N) is 1. The third-order valence-corrected chi connectivity index (χ3v) is 7.10. The molecule has 0 unspecified atom stereocenters. The number of likely N-dealkylation sites (tertiary alicyclic amines) is 1. The number of nitrogen functional groups attached to an aromatic ring is 1. The van der Waals surface area contributed by atoms with Gasteiger partial charge in [-0.3, -0.25) is 4.79 Å². The first-order valence-electron chi connectivity index (χ1n) is 12.4. The second-order valence-corrected chi connectivity index (χ2v) is 9.89. The summed E-state index contributed by atoms with van der Waals surface area (Å²) in [7, 11) is 2.00. The lowest BCUT2D eigenvalue weighted by atomic mass is 9.88. The Balaban J connectivity index is 1.49. The SMILES string of the molecule is Cc1ccc(C(=O)Nc2cc(C(F)(F)F)ccc2[C@@H]2CCCN(C)C2)cc1-c1ccc2nc(N)ncc2c1. The van der Waals surface area contributed by atoms with Crippen LogP contribution in [0.1, 0.15) is 45.8 Å². The zero-order valence-electron chi connectivity index (χ0n) is 21.1. The van der Waals surface area contributed by atoms with E-state index in [-0.39, 0.29) is 17.6 Å². The van der Waals surface area contributed by atoms with Gasteiger partial charge in [0.15, 0.2) is 0 Å². The third kappa shape index (κ3) is 5.33. The topological polar surface area (TPSA) is 84.1 Å². The summed E-state index contributed by atoms with van der Waals surface area (Å²) in [5, 5.41) is 3.60. The zero-order valence-corrected chi connectivity index (χ0v) is 21.1. The van der Waals surface area contributed by atoms with Crippen LogP contribution >= 0.6 is 0 Å². The molecule has 5 rings (SSSR count). The number of aromatic nitrogens is 2. The minimum absolute atomic E-state index is 0.0359. The van der Waals surface area contributed by atoms with Crippen molar-refractivity contribution in [2.24, 2.45) is 0 Å². The number of likely N-dealkylation sites (N-methyl/N-ethyl adjacent to an activating group) is 1. The van der Waals surface area contributed by atoms with Crippen molar-refractivity contribution in [3.63, 3.8) is 0 Å². The lowest BCUT2D eigenvalue weighted by molar-refractivity contribution is -0.137. The number of nitrogens with one attached hydrogen (secondary N) is 1. The van der Waals surface area contributed by atoms with Crippen molar-refractivity contribution < 1.29 is 18.0 Å². The molecule has 3 N–H and O–H groups in total. The van der Waals surface area contributed by atoms with E-state index in [1.54, 1.807) is 18.3 Å². The molecule has 1 fully saturated rings. The normalized spacial score (nSPS) is 16.5. The number of amides is 1. The molecule has 6 nitrogen and oxygen atoms in total. The van der Waals surface area contributed by atoms with Gasteiger partial charge in [0.25, 0.3) is 5.91 Å². The first-order chi connectivity index (χ1) is 18.1. The largest absolute Gasteiger partial charge is 0.416 e. The van der Waals surface area contributed by atoms with E-state index in [1.165, 1.54) is 6.07 Å². The van der Waals surface area contributed by atoms with Crippen LogP contribution in [0.5, 0.6) is 0 Å². The van der Waals surface area contributed by atoms with E-state index in [1.807, 2.05) is 38.2 Å². The van der Waals surface area contributed by atoms with Crippen molar-refractivity contribution in [3.8, 4) is 11.1 Å². The average molecular weight is 520 g/mol. The number of hydrogen-bond donors (Lipinski definition) is 2. The summed E-state index contributed by atoms with van der Waals surface area (Å²) >= 11 is 0. The van der Waals surface area contributed by atoms with Crippen LogP contribution in [0.4, 0.5) is 24.8 Å². The van der Waals surface area contributed by atoms with Gasteiger partial charge in [-0.1, -0.05) is 18.2 Å². The van der Waals surface area contributed by atoms with Crippen molar-refractivity contribution in [1.82, 2.24) is 14.9 Å². The summed E-state index contributed by atoms with van der Waals surface area (Å²) in [4.78, 5) is 23.8. The predicted octanol–water partition coefficient (Wildman–Crippen LogP) is 6.27. The average Bonchev–Trinajstić information content (AvgIpc) is 2.88. The van der Waals surface area contributed by atoms with Crippen LogP contribution in [0, 0.1) is 6.92 Å². The Bertz CT molecular complexity index is 1520. The quantitative estimate of drug-likeness (QED) is 0.332. The minimum atomic E-state index is -4.51. The molecular formula is C29H28F3N5O. The van der Waals surface area contributed by atoms with Crippen molar-refractivity contribution in [2.45, 2.75) is 31.9 Å². The van der Waals surface area contributed by atoms with E-state index in [2.05, 4.69) is 20.2 Å². The fourth-order valence-corrected chi connectivity index (χ4v) is 5.10. The summed E-state index contributed by atoms with van der Waals surface area (Å²) in [6.07, 6.45) is -1.07. The Labute approximate surface area is 218 Å². The number of anilines is 2. The van der Waals surface area contributed by atoms with Crippen LogP contribution in [0.25, 0.3) is 22.0 Å². The lowest BCUT2D eigenvalue weighted by Crippen LogP contribution is -2.31. The molecule has 9 heteroatoms. The molecule has 1 aromatic heterocycles. The molecule has 4 aromatic rings. The molecule has 0 bridgehead atoms. The van der Waals surface area contributed by atoms with Gasteiger partial charge in [-0.15, -0.1) is 0 Å². The molecule has 38 heavy (non-hydrogen) atoms. The molecule has 0 spiro atoms. The number of halogens is 3. The number of carbonyl (C=O) groups is 1. The number of benzene rings is 3. The first kappa shape index (κ1) is 25.7. The highest BCUT2D eigenvalue weighted by Gasteiger charge is 2.32. The van der Waals surface area contributed by atoms with E-state index in [4.69, 9.17) is 5.73 Å². The lowest BCUT2D eigenvalue weighted by Gasteiger charge is -2.31. The standard InChI is InChI=1S/C29H28F3N5O/c1-17-5-6-19(13-24(17)18-7-10-25-21(12-18)15-34-28(33)36-25)27(38)35-26-14-22(29(30,31)32)8-9-23(26)20-4-3-11-37(2)16-20/h5-10,12-15,20H,3-4,11,16H2,1-2H3,(H,35,38)(H2,33,34,36)/t20-/m1/s1. The van der Waals surface area contributed by atoms with E-state index in [0.29, 0.717) is 11.1 Å². The van der Waals surface area contributed by atoms with E-state index >= 15 is 0 Å². The molecule has 0 radical (unpaired) electrons. The molecule has 1 saturated heterocycles. The van der Waals surface area contributed by atoms with E-state index < -0.39 is 17.6 Å². The van der Waals surface area contributed by atoms with Crippen molar-refractivity contribution in [3.05, 3.63) is 83.0 Å². The first-order valence-corrected chi connectivity index (χ1v) is 12.4. The van der Waals surface area contributed by atoms with Gasteiger partial charge in [-0.2, -0.15) is 13.2 Å². The molecule has 0 saturated carbocycles. The third-order valence-electron chi connectivity index (χ3n) is 7.10. The van der Waals surface area contributed by atoms with Gasteiger partial charge in [0.2, 0.25) is 5.95 Å². The number of fused-ring (bicyclic) bond motifs is 1. The summed E-state index contributed by atoms with van der Waals surface area (Å²) in [5.74, 6) is -0.240. The highest BCUT2D eigenvalue weighted by Crippen LogP contribution is 2.37. The molecular weight excluding hydrogens is 491 g/mol. The fourth-order valence-electron chi connectivity index (χ4n) is 5.10. The Morgan fingerprint density at radius 3 is 2.68 bits per heavy atom. The number of carbonyl (C=O) groups excluding carboxylic acids is 1. The van der Waals surface area contributed by atoms with Crippen molar-refractivity contribution >= 4 is 28.4 Å². The Hall–Kier alpha value is -3.98. The molecule has 1 aliphatic heterocycles. The Morgan fingerprint density at radius 2 is 1.92 bits per heavy atom. The van der Waals surface area contributed by atoms with Crippen LogP contribution in [0.15, 0.2) is 60.8 Å². The minimum Gasteiger partial charge on any atom is -0.368 e. The van der Waals surface area contributed by atoms with Crippen LogP contribution in [-0.2, 0) is 6.18 Å². The highest BCUT2D eigenvalue weighted by molar-refractivity contribution is 6.05. The number of hydrogen-bond acceptors (Lipinski definition) is 5. The summed E-state index contributed by atoms with van der Waals surface area (Å²) in [5.41, 5.74) is 9.51. The number of aryl methyl sites for hydroxylation is 1. The van der Waals surface area contributed by atoms with Crippen molar-refractivity contribution in [1.29, 1.82) is 0 Å². The van der Waals surface area contributed by atoms with E-state index in [0.717, 1.165) is 65.7 Å². The molecule has 196 valence electrons. The highest BCUT2D eigenvalue weighted by atomic mass is 19.4. The number of alkyl halides is 3. The van der Waals surface area contributed by atoms with Crippen LogP contribution in [-0.4, -0.2) is 40.9 Å². The number of piperidine rings is 1. The monoisotopic (exact) mass is 519 g/mol. The molecule has 1 amide bonds. The maximum Gasteiger partial charge on any atom is 0.416 e. The zero-order chi connectivity index (χ0) is 27.0.